The average Bonchev–Trinajstić information content (AvgIpc) is 2.65. The second kappa shape index (κ2) is 8.27. The van der Waals surface area contributed by atoms with E-state index in [4.69, 9.17) is 4.74 Å². The topological polar surface area (TPSA) is 58.6 Å². The normalized spacial score (nSPS) is 19.8. The highest BCUT2D eigenvalue weighted by Crippen LogP contribution is 2.37. The highest BCUT2D eigenvalue weighted by molar-refractivity contribution is 5.90. The molecule has 1 aliphatic heterocycles. The van der Waals surface area contributed by atoms with Crippen molar-refractivity contribution in [2.75, 3.05) is 6.54 Å². The molecule has 29 heavy (non-hydrogen) atoms. The van der Waals surface area contributed by atoms with Crippen LogP contribution in [0, 0.1) is 0 Å². The molecular weight excluding hydrogens is 364 g/mol. The van der Waals surface area contributed by atoms with Gasteiger partial charge in [-0.2, -0.15) is 0 Å². The molecule has 5 heteroatoms. The number of hydrogen-bond acceptors (Lipinski definition) is 3. The molecule has 0 aromatic heterocycles. The number of carbonyl (C=O) groups excluding carboxylic acids is 2. The van der Waals surface area contributed by atoms with Gasteiger partial charge in [-0.1, -0.05) is 60.7 Å². The van der Waals surface area contributed by atoms with E-state index >= 15 is 0 Å². The first-order valence-corrected chi connectivity index (χ1v) is 10.1. The average molecular weight is 395 g/mol. The van der Waals surface area contributed by atoms with Crippen molar-refractivity contribution in [1.82, 2.24) is 10.2 Å². The van der Waals surface area contributed by atoms with Crippen molar-refractivity contribution in [1.29, 1.82) is 0 Å². The van der Waals surface area contributed by atoms with Crippen molar-refractivity contribution in [2.45, 2.75) is 57.7 Å². The Morgan fingerprint density at radius 1 is 1.07 bits per heavy atom. The van der Waals surface area contributed by atoms with E-state index in [1.54, 1.807) is 4.90 Å². The van der Waals surface area contributed by atoms with Crippen LogP contribution in [0.4, 0.5) is 4.79 Å². The molecule has 1 saturated heterocycles. The number of urea groups is 1. The molecule has 1 unspecified atom stereocenters. The number of ether oxygens (including phenoxy) is 1. The van der Waals surface area contributed by atoms with Crippen molar-refractivity contribution in [2.24, 2.45) is 0 Å². The van der Waals surface area contributed by atoms with Crippen LogP contribution >= 0.6 is 0 Å². The molecule has 0 radical (unpaired) electrons. The van der Waals surface area contributed by atoms with Gasteiger partial charge >= 0.3 is 12.0 Å². The summed E-state index contributed by atoms with van der Waals surface area (Å²) in [6.45, 7) is 8.02. The molecule has 2 aromatic carbocycles. The van der Waals surface area contributed by atoms with Gasteiger partial charge in [0.25, 0.3) is 0 Å². The van der Waals surface area contributed by atoms with Crippen molar-refractivity contribution in [3.63, 3.8) is 0 Å². The van der Waals surface area contributed by atoms with Gasteiger partial charge in [0.15, 0.2) is 0 Å². The maximum atomic E-state index is 13.2. The van der Waals surface area contributed by atoms with Gasteiger partial charge in [0.1, 0.15) is 11.1 Å². The SMILES string of the molecule is C[C@@H](NC(=O)N1CCC1(Cc1ccccc1)C(=O)OC(C)(C)C)c1ccccc1. The van der Waals surface area contributed by atoms with Gasteiger partial charge in [-0.25, -0.2) is 9.59 Å². The molecule has 5 nitrogen and oxygen atoms in total. The Morgan fingerprint density at radius 2 is 1.66 bits per heavy atom. The lowest BCUT2D eigenvalue weighted by atomic mass is 9.79. The van der Waals surface area contributed by atoms with Crippen LogP contribution in [0.2, 0.25) is 0 Å². The Bertz CT molecular complexity index is 845. The van der Waals surface area contributed by atoms with E-state index < -0.39 is 11.1 Å². The summed E-state index contributed by atoms with van der Waals surface area (Å²) in [5.41, 5.74) is 0.435. The first kappa shape index (κ1) is 20.9. The molecule has 0 spiro atoms. The number of benzene rings is 2. The summed E-state index contributed by atoms with van der Waals surface area (Å²) >= 11 is 0. The maximum Gasteiger partial charge on any atom is 0.333 e. The Hall–Kier alpha value is -2.82. The van der Waals surface area contributed by atoms with E-state index in [0.29, 0.717) is 19.4 Å². The van der Waals surface area contributed by atoms with Crippen molar-refractivity contribution in [3.05, 3.63) is 71.8 Å². The minimum Gasteiger partial charge on any atom is -0.458 e. The number of amides is 2. The molecule has 0 bridgehead atoms. The van der Waals surface area contributed by atoms with Crippen LogP contribution in [-0.4, -0.2) is 34.6 Å². The standard InChI is InChI=1S/C24H30N2O3/c1-18(20-13-9-6-10-14-20)25-22(28)26-16-15-24(26,21(27)29-23(2,3)4)17-19-11-7-5-8-12-19/h5-14,18H,15-17H2,1-4H3,(H,25,28)/t18-,24?/m1/s1. The van der Waals surface area contributed by atoms with Gasteiger partial charge in [-0.05, 0) is 45.2 Å². The van der Waals surface area contributed by atoms with Gasteiger partial charge < -0.3 is 15.0 Å². The van der Waals surface area contributed by atoms with E-state index in [9.17, 15) is 9.59 Å². The van der Waals surface area contributed by atoms with E-state index in [1.807, 2.05) is 88.4 Å². The van der Waals surface area contributed by atoms with Crippen LogP contribution in [0.3, 0.4) is 0 Å². The minimum absolute atomic E-state index is 0.155. The highest BCUT2D eigenvalue weighted by Gasteiger charge is 2.55. The molecular formula is C24H30N2O3. The second-order valence-corrected chi connectivity index (χ2v) is 8.68. The largest absolute Gasteiger partial charge is 0.458 e. The zero-order valence-electron chi connectivity index (χ0n) is 17.6. The van der Waals surface area contributed by atoms with Crippen LogP contribution < -0.4 is 5.32 Å². The van der Waals surface area contributed by atoms with Crippen LogP contribution in [0.5, 0.6) is 0 Å². The molecule has 0 aliphatic carbocycles. The lowest BCUT2D eigenvalue weighted by Gasteiger charge is -2.51. The minimum atomic E-state index is -0.977. The predicted molar refractivity (Wildman–Crippen MR) is 113 cm³/mol. The second-order valence-electron chi connectivity index (χ2n) is 8.68. The molecule has 1 aliphatic rings. The van der Waals surface area contributed by atoms with Crippen LogP contribution in [-0.2, 0) is 16.0 Å². The molecule has 0 saturated carbocycles. The number of nitrogens with zero attached hydrogens (tertiary/aromatic N) is 1. The third-order valence-electron chi connectivity index (χ3n) is 5.27. The Balaban J connectivity index is 1.81. The molecule has 2 atom stereocenters. The number of rotatable bonds is 5. The summed E-state index contributed by atoms with van der Waals surface area (Å²) in [6, 6.07) is 19.2. The lowest BCUT2D eigenvalue weighted by molar-refractivity contribution is -0.175. The first-order valence-electron chi connectivity index (χ1n) is 10.1. The number of hydrogen-bond donors (Lipinski definition) is 1. The summed E-state index contributed by atoms with van der Waals surface area (Å²) in [6.07, 6.45) is 1.03. The van der Waals surface area contributed by atoms with E-state index in [2.05, 4.69) is 5.32 Å². The van der Waals surface area contributed by atoms with Crippen molar-refractivity contribution >= 4 is 12.0 Å². The van der Waals surface area contributed by atoms with Crippen LogP contribution in [0.25, 0.3) is 0 Å². The molecule has 1 N–H and O–H groups in total. The Kier molecular flexibility index (Phi) is 5.96. The third-order valence-corrected chi connectivity index (χ3v) is 5.27. The fraction of sp³-hybridized carbons (Fsp3) is 0.417. The van der Waals surface area contributed by atoms with Gasteiger partial charge in [0.05, 0.1) is 6.04 Å². The van der Waals surface area contributed by atoms with Gasteiger partial charge in [0.2, 0.25) is 0 Å². The van der Waals surface area contributed by atoms with E-state index in [1.165, 1.54) is 0 Å². The summed E-state index contributed by atoms with van der Waals surface area (Å²) < 4.78 is 5.73. The van der Waals surface area contributed by atoms with Gasteiger partial charge in [0, 0.05) is 13.0 Å². The van der Waals surface area contributed by atoms with Crippen LogP contribution in [0.15, 0.2) is 60.7 Å². The summed E-state index contributed by atoms with van der Waals surface area (Å²) in [7, 11) is 0. The zero-order valence-corrected chi connectivity index (χ0v) is 17.6. The van der Waals surface area contributed by atoms with Gasteiger partial charge in [-0.15, -0.1) is 0 Å². The molecule has 2 aromatic rings. The Labute approximate surface area is 173 Å². The summed E-state index contributed by atoms with van der Waals surface area (Å²) in [4.78, 5) is 27.9. The van der Waals surface area contributed by atoms with Gasteiger partial charge in [-0.3, -0.25) is 0 Å². The summed E-state index contributed by atoms with van der Waals surface area (Å²) in [5.74, 6) is -0.345. The maximum absolute atomic E-state index is 13.2. The third kappa shape index (κ3) is 4.78. The molecule has 1 fully saturated rings. The fourth-order valence-electron chi connectivity index (χ4n) is 3.65. The molecule has 1 heterocycles. The molecule has 3 rings (SSSR count). The number of likely N-dealkylation sites (tertiary alicyclic amines) is 1. The van der Waals surface area contributed by atoms with E-state index in [-0.39, 0.29) is 18.0 Å². The van der Waals surface area contributed by atoms with E-state index in [0.717, 1.165) is 11.1 Å². The lowest BCUT2D eigenvalue weighted by Crippen LogP contribution is -2.70. The molecule has 154 valence electrons. The highest BCUT2D eigenvalue weighted by atomic mass is 16.6. The molecule has 2 amide bonds. The smallest absolute Gasteiger partial charge is 0.333 e. The van der Waals surface area contributed by atoms with Crippen molar-refractivity contribution < 1.29 is 14.3 Å². The number of nitrogens with one attached hydrogen (secondary N) is 1. The Morgan fingerprint density at radius 3 is 2.17 bits per heavy atom. The zero-order chi connectivity index (χ0) is 21.1. The quantitative estimate of drug-likeness (QED) is 0.761. The monoisotopic (exact) mass is 394 g/mol. The first-order chi connectivity index (χ1) is 13.7. The predicted octanol–water partition coefficient (Wildman–Crippen LogP) is 4.49. The van der Waals surface area contributed by atoms with Crippen molar-refractivity contribution in [3.8, 4) is 0 Å². The fourth-order valence-corrected chi connectivity index (χ4v) is 3.65. The number of carbonyl (C=O) groups is 2. The summed E-state index contributed by atoms with van der Waals surface area (Å²) in [5, 5.41) is 3.04. The number of esters is 1. The van der Waals surface area contributed by atoms with Crippen LogP contribution in [0.1, 0.15) is 51.3 Å².